The number of halogens is 2. The van der Waals surface area contributed by atoms with Gasteiger partial charge in [0.05, 0.1) is 17.3 Å². The number of hydrogen-bond donors (Lipinski definition) is 1. The van der Waals surface area contributed by atoms with Gasteiger partial charge in [-0.05, 0) is 42.8 Å². The maximum absolute atomic E-state index is 11.8. The fraction of sp³-hybridized carbons (Fsp3) is 0.188. The van der Waals surface area contributed by atoms with Crippen LogP contribution in [0.4, 0.5) is 5.69 Å². The molecule has 2 aromatic carbocycles. The Morgan fingerprint density at radius 1 is 1.14 bits per heavy atom. The molecule has 0 aliphatic rings. The van der Waals surface area contributed by atoms with Crippen LogP contribution in [0, 0.1) is 0 Å². The fourth-order valence-electron chi connectivity index (χ4n) is 1.73. The van der Waals surface area contributed by atoms with E-state index in [0.29, 0.717) is 30.2 Å². The normalized spacial score (nSPS) is 10.2. The molecule has 0 saturated heterocycles. The molecule has 0 unspecified atom stereocenters. The summed E-state index contributed by atoms with van der Waals surface area (Å²) in [6.45, 7) is 0.498. The van der Waals surface area contributed by atoms with E-state index < -0.39 is 0 Å². The van der Waals surface area contributed by atoms with Crippen molar-refractivity contribution < 1.29 is 9.53 Å². The molecule has 0 aromatic heterocycles. The highest BCUT2D eigenvalue weighted by molar-refractivity contribution is 9.10. The van der Waals surface area contributed by atoms with Crippen molar-refractivity contribution >= 4 is 39.1 Å². The predicted octanol–water partition coefficient (Wildman–Crippen LogP) is 4.90. The molecule has 0 aliphatic carbocycles. The lowest BCUT2D eigenvalue weighted by molar-refractivity contribution is -0.116. The van der Waals surface area contributed by atoms with Crippen molar-refractivity contribution in [2.75, 3.05) is 11.9 Å². The molecule has 3 nitrogen and oxygen atoms in total. The molecule has 0 fully saturated rings. The summed E-state index contributed by atoms with van der Waals surface area (Å²) >= 11 is 9.34. The molecule has 0 radical (unpaired) electrons. The zero-order chi connectivity index (χ0) is 15.1. The monoisotopic (exact) mass is 367 g/mol. The maximum atomic E-state index is 11.8. The minimum atomic E-state index is -0.0671. The number of carbonyl (C=O) groups excluding carboxylic acids is 1. The highest BCUT2D eigenvalue weighted by atomic mass is 79.9. The standard InChI is InChI=1S/C16H15BrClNO2/c17-12-7-9-13(10-8-12)21-11-3-6-16(20)19-15-5-2-1-4-14(15)18/h1-2,4-5,7-10H,3,6,11H2,(H,19,20). The number of amides is 1. The first kappa shape index (κ1) is 15.9. The number of hydrogen-bond acceptors (Lipinski definition) is 2. The number of carbonyl (C=O) groups is 1. The maximum Gasteiger partial charge on any atom is 0.224 e. The first-order valence-corrected chi connectivity index (χ1v) is 7.75. The van der Waals surface area contributed by atoms with Crippen LogP contribution in [-0.2, 0) is 4.79 Å². The smallest absolute Gasteiger partial charge is 0.224 e. The molecule has 1 N–H and O–H groups in total. The Labute approximate surface area is 137 Å². The molecule has 0 saturated carbocycles. The van der Waals surface area contributed by atoms with E-state index in [1.165, 1.54) is 0 Å². The third kappa shape index (κ3) is 5.40. The largest absolute Gasteiger partial charge is 0.494 e. The van der Waals surface area contributed by atoms with E-state index in [9.17, 15) is 4.79 Å². The van der Waals surface area contributed by atoms with Crippen LogP contribution in [0.1, 0.15) is 12.8 Å². The molecule has 21 heavy (non-hydrogen) atoms. The molecule has 0 heterocycles. The minimum absolute atomic E-state index is 0.0671. The lowest BCUT2D eigenvalue weighted by Gasteiger charge is -2.08. The molecule has 2 rings (SSSR count). The van der Waals surface area contributed by atoms with E-state index in [1.54, 1.807) is 12.1 Å². The zero-order valence-electron chi connectivity index (χ0n) is 11.3. The van der Waals surface area contributed by atoms with Gasteiger partial charge < -0.3 is 10.1 Å². The topological polar surface area (TPSA) is 38.3 Å². The first-order valence-electron chi connectivity index (χ1n) is 6.58. The van der Waals surface area contributed by atoms with Crippen LogP contribution >= 0.6 is 27.5 Å². The second kappa shape index (κ2) is 8.05. The van der Waals surface area contributed by atoms with Gasteiger partial charge in [0.2, 0.25) is 5.91 Å². The number of nitrogens with one attached hydrogen (secondary N) is 1. The van der Waals surface area contributed by atoms with E-state index in [4.69, 9.17) is 16.3 Å². The number of anilines is 1. The van der Waals surface area contributed by atoms with Crippen LogP contribution in [0.15, 0.2) is 53.0 Å². The summed E-state index contributed by atoms with van der Waals surface area (Å²) in [6, 6.07) is 14.8. The number of ether oxygens (including phenoxy) is 1. The molecule has 0 atom stereocenters. The van der Waals surface area contributed by atoms with Crippen molar-refractivity contribution in [3.05, 3.63) is 58.0 Å². The van der Waals surface area contributed by atoms with Gasteiger partial charge >= 0.3 is 0 Å². The van der Waals surface area contributed by atoms with Gasteiger partial charge in [0, 0.05) is 10.9 Å². The average Bonchev–Trinajstić information content (AvgIpc) is 2.48. The summed E-state index contributed by atoms with van der Waals surface area (Å²) in [5, 5.41) is 3.32. The van der Waals surface area contributed by atoms with Gasteiger partial charge in [-0.15, -0.1) is 0 Å². The zero-order valence-corrected chi connectivity index (χ0v) is 13.7. The summed E-state index contributed by atoms with van der Waals surface area (Å²) in [5.41, 5.74) is 0.637. The second-order valence-electron chi connectivity index (χ2n) is 4.43. The number of benzene rings is 2. The molecule has 0 bridgehead atoms. The quantitative estimate of drug-likeness (QED) is 0.736. The number of rotatable bonds is 6. The second-order valence-corrected chi connectivity index (χ2v) is 5.76. The van der Waals surface area contributed by atoms with Crippen LogP contribution in [0.2, 0.25) is 5.02 Å². The molecule has 110 valence electrons. The van der Waals surface area contributed by atoms with Crippen LogP contribution in [0.5, 0.6) is 5.75 Å². The molecule has 1 amide bonds. The summed E-state index contributed by atoms with van der Waals surface area (Å²) in [6.07, 6.45) is 1.04. The highest BCUT2D eigenvalue weighted by Crippen LogP contribution is 2.20. The van der Waals surface area contributed by atoms with Gasteiger partial charge in [-0.25, -0.2) is 0 Å². The van der Waals surface area contributed by atoms with E-state index in [-0.39, 0.29) is 5.91 Å². The summed E-state index contributed by atoms with van der Waals surface area (Å²) in [5.74, 6) is 0.729. The van der Waals surface area contributed by atoms with Crippen molar-refractivity contribution in [2.45, 2.75) is 12.8 Å². The van der Waals surface area contributed by atoms with Gasteiger partial charge in [0.25, 0.3) is 0 Å². The van der Waals surface area contributed by atoms with Gasteiger partial charge in [-0.1, -0.05) is 39.7 Å². The van der Waals surface area contributed by atoms with Crippen molar-refractivity contribution in [3.8, 4) is 5.75 Å². The minimum Gasteiger partial charge on any atom is -0.494 e. The van der Waals surface area contributed by atoms with Crippen LogP contribution in [0.3, 0.4) is 0 Å². The lowest BCUT2D eigenvalue weighted by atomic mass is 10.2. The molecule has 5 heteroatoms. The Bertz CT molecular complexity index is 601. The Morgan fingerprint density at radius 2 is 1.86 bits per heavy atom. The van der Waals surface area contributed by atoms with Crippen LogP contribution in [0.25, 0.3) is 0 Å². The summed E-state index contributed by atoms with van der Waals surface area (Å²) in [4.78, 5) is 11.8. The van der Waals surface area contributed by atoms with E-state index >= 15 is 0 Å². The lowest BCUT2D eigenvalue weighted by Crippen LogP contribution is -2.13. The van der Waals surface area contributed by atoms with Gasteiger partial charge in [0.15, 0.2) is 0 Å². The SMILES string of the molecule is O=C(CCCOc1ccc(Br)cc1)Nc1ccccc1Cl. The Morgan fingerprint density at radius 3 is 2.57 bits per heavy atom. The van der Waals surface area contributed by atoms with Crippen LogP contribution in [-0.4, -0.2) is 12.5 Å². The van der Waals surface area contributed by atoms with Gasteiger partial charge in [-0.2, -0.15) is 0 Å². The molecular formula is C16H15BrClNO2. The van der Waals surface area contributed by atoms with Gasteiger partial charge in [-0.3, -0.25) is 4.79 Å². The van der Waals surface area contributed by atoms with E-state index in [1.807, 2.05) is 36.4 Å². The molecular weight excluding hydrogens is 354 g/mol. The van der Waals surface area contributed by atoms with Crippen molar-refractivity contribution in [1.29, 1.82) is 0 Å². The summed E-state index contributed by atoms with van der Waals surface area (Å²) in [7, 11) is 0. The Balaban J connectivity index is 1.70. The average molecular weight is 369 g/mol. The third-order valence-corrected chi connectivity index (χ3v) is 3.64. The van der Waals surface area contributed by atoms with Gasteiger partial charge in [0.1, 0.15) is 5.75 Å². The van der Waals surface area contributed by atoms with Crippen molar-refractivity contribution in [2.24, 2.45) is 0 Å². The summed E-state index contributed by atoms with van der Waals surface area (Å²) < 4.78 is 6.57. The Hall–Kier alpha value is -1.52. The first-order chi connectivity index (χ1) is 10.1. The predicted molar refractivity (Wildman–Crippen MR) is 89.0 cm³/mol. The van der Waals surface area contributed by atoms with Crippen molar-refractivity contribution in [1.82, 2.24) is 0 Å². The Kier molecular flexibility index (Phi) is 6.08. The highest BCUT2D eigenvalue weighted by Gasteiger charge is 2.05. The number of para-hydroxylation sites is 1. The van der Waals surface area contributed by atoms with Crippen LogP contribution < -0.4 is 10.1 Å². The molecule has 0 aliphatic heterocycles. The fourth-order valence-corrected chi connectivity index (χ4v) is 2.18. The molecule has 0 spiro atoms. The van der Waals surface area contributed by atoms with Crippen molar-refractivity contribution in [3.63, 3.8) is 0 Å². The third-order valence-electron chi connectivity index (χ3n) is 2.78. The molecule has 2 aromatic rings. The van der Waals surface area contributed by atoms with E-state index in [0.717, 1.165) is 10.2 Å². The van der Waals surface area contributed by atoms with E-state index in [2.05, 4.69) is 21.2 Å².